The summed E-state index contributed by atoms with van der Waals surface area (Å²) >= 11 is 0. The molecule has 1 fully saturated rings. The maximum Gasteiger partial charge on any atom is 0.117 e. The molecule has 108 valence electrons. The Hall–Kier alpha value is -1.35. The molecule has 1 saturated heterocycles. The summed E-state index contributed by atoms with van der Waals surface area (Å²) < 4.78 is 2.44. The van der Waals surface area contributed by atoms with Gasteiger partial charge in [0.05, 0.1) is 11.0 Å². The standard InChI is InChI=1S/C17H25N3/c1-16(2,3)20-14-9-6-5-8-13(14)19-15(20)17(4)10-7-11-18-12-17/h5-6,8-9,18H,7,10-12H2,1-4H3. The van der Waals surface area contributed by atoms with Crippen molar-refractivity contribution in [3.05, 3.63) is 30.1 Å². The van der Waals surface area contributed by atoms with Crippen LogP contribution in [0.4, 0.5) is 0 Å². The van der Waals surface area contributed by atoms with Crippen molar-refractivity contribution < 1.29 is 0 Å². The molecule has 1 N–H and O–H groups in total. The van der Waals surface area contributed by atoms with E-state index in [1.807, 2.05) is 0 Å². The molecule has 1 aliphatic heterocycles. The van der Waals surface area contributed by atoms with Crippen molar-refractivity contribution in [1.82, 2.24) is 14.9 Å². The van der Waals surface area contributed by atoms with Gasteiger partial charge in [-0.1, -0.05) is 19.1 Å². The van der Waals surface area contributed by atoms with Gasteiger partial charge in [0.2, 0.25) is 0 Å². The number of piperidine rings is 1. The van der Waals surface area contributed by atoms with Gasteiger partial charge in [-0.25, -0.2) is 4.98 Å². The Morgan fingerprint density at radius 3 is 2.65 bits per heavy atom. The van der Waals surface area contributed by atoms with E-state index in [4.69, 9.17) is 4.98 Å². The molecule has 3 heteroatoms. The molecule has 1 aromatic heterocycles. The molecule has 0 bridgehead atoms. The summed E-state index contributed by atoms with van der Waals surface area (Å²) in [6, 6.07) is 8.50. The average molecular weight is 271 g/mol. The van der Waals surface area contributed by atoms with Crippen molar-refractivity contribution >= 4 is 11.0 Å². The van der Waals surface area contributed by atoms with Gasteiger partial charge in [-0.3, -0.25) is 0 Å². The number of hydrogen-bond acceptors (Lipinski definition) is 2. The number of hydrogen-bond donors (Lipinski definition) is 1. The summed E-state index contributed by atoms with van der Waals surface area (Å²) in [6.07, 6.45) is 2.43. The van der Waals surface area contributed by atoms with Crippen LogP contribution in [-0.4, -0.2) is 22.6 Å². The average Bonchev–Trinajstić information content (AvgIpc) is 2.79. The van der Waals surface area contributed by atoms with Gasteiger partial charge < -0.3 is 9.88 Å². The quantitative estimate of drug-likeness (QED) is 0.861. The smallest absolute Gasteiger partial charge is 0.117 e. The number of fused-ring (bicyclic) bond motifs is 1. The van der Waals surface area contributed by atoms with E-state index >= 15 is 0 Å². The first-order valence-electron chi connectivity index (χ1n) is 7.61. The second kappa shape index (κ2) is 4.59. The Bertz CT molecular complexity index is 613. The van der Waals surface area contributed by atoms with E-state index in [9.17, 15) is 0 Å². The molecule has 1 atom stereocenters. The number of nitrogens with zero attached hydrogens (tertiary/aromatic N) is 2. The van der Waals surface area contributed by atoms with Gasteiger partial charge in [0.1, 0.15) is 5.82 Å². The molecular weight excluding hydrogens is 246 g/mol. The monoisotopic (exact) mass is 271 g/mol. The molecule has 3 rings (SSSR count). The third-order valence-corrected chi connectivity index (χ3v) is 4.37. The molecule has 0 spiro atoms. The van der Waals surface area contributed by atoms with E-state index in [0.29, 0.717) is 0 Å². The number of benzene rings is 1. The van der Waals surface area contributed by atoms with Crippen molar-refractivity contribution in [3.8, 4) is 0 Å². The Morgan fingerprint density at radius 2 is 2.00 bits per heavy atom. The number of imidazole rings is 1. The van der Waals surface area contributed by atoms with E-state index in [-0.39, 0.29) is 11.0 Å². The number of nitrogens with one attached hydrogen (secondary N) is 1. The van der Waals surface area contributed by atoms with Crippen molar-refractivity contribution in [1.29, 1.82) is 0 Å². The van der Waals surface area contributed by atoms with Gasteiger partial charge in [0, 0.05) is 17.5 Å². The summed E-state index contributed by atoms with van der Waals surface area (Å²) in [4.78, 5) is 5.00. The van der Waals surface area contributed by atoms with Crippen LogP contribution in [0.1, 0.15) is 46.4 Å². The lowest BCUT2D eigenvalue weighted by Crippen LogP contribution is -2.44. The Labute approximate surface area is 121 Å². The van der Waals surface area contributed by atoms with Crippen molar-refractivity contribution in [3.63, 3.8) is 0 Å². The van der Waals surface area contributed by atoms with Crippen molar-refractivity contribution in [2.75, 3.05) is 13.1 Å². The minimum absolute atomic E-state index is 0.0475. The molecule has 2 aromatic rings. The third kappa shape index (κ3) is 2.14. The highest BCUT2D eigenvalue weighted by atomic mass is 15.2. The van der Waals surface area contributed by atoms with Crippen LogP contribution in [0.25, 0.3) is 11.0 Å². The molecule has 20 heavy (non-hydrogen) atoms. The van der Waals surface area contributed by atoms with Gasteiger partial charge in [-0.2, -0.15) is 0 Å². The number of para-hydroxylation sites is 2. The second-order valence-corrected chi connectivity index (χ2v) is 7.27. The zero-order valence-corrected chi connectivity index (χ0v) is 13.0. The van der Waals surface area contributed by atoms with Gasteiger partial charge in [-0.15, -0.1) is 0 Å². The summed E-state index contributed by atoms with van der Waals surface area (Å²) in [5.41, 5.74) is 2.54. The minimum atomic E-state index is 0.0475. The number of rotatable bonds is 1. The molecule has 1 aliphatic rings. The first kappa shape index (κ1) is 13.6. The molecule has 1 unspecified atom stereocenters. The molecule has 0 saturated carbocycles. The lowest BCUT2D eigenvalue weighted by molar-refractivity contribution is 0.287. The van der Waals surface area contributed by atoms with Crippen LogP contribution < -0.4 is 5.32 Å². The molecule has 0 radical (unpaired) electrons. The van der Waals surface area contributed by atoms with Crippen LogP contribution in [0, 0.1) is 0 Å². The summed E-state index contributed by atoms with van der Waals surface area (Å²) in [6.45, 7) is 11.3. The van der Waals surface area contributed by atoms with Gasteiger partial charge in [0.15, 0.2) is 0 Å². The highest BCUT2D eigenvalue weighted by Crippen LogP contribution is 2.35. The van der Waals surface area contributed by atoms with Crippen LogP contribution in [-0.2, 0) is 11.0 Å². The molecule has 0 amide bonds. The molecule has 1 aromatic carbocycles. The van der Waals surface area contributed by atoms with Crippen LogP contribution in [0.2, 0.25) is 0 Å². The summed E-state index contributed by atoms with van der Waals surface area (Å²) in [5.74, 6) is 1.23. The van der Waals surface area contributed by atoms with Gasteiger partial charge >= 0.3 is 0 Å². The molecule has 3 nitrogen and oxygen atoms in total. The Morgan fingerprint density at radius 1 is 1.25 bits per heavy atom. The number of aromatic nitrogens is 2. The van der Waals surface area contributed by atoms with E-state index in [2.05, 4.69) is 61.8 Å². The zero-order valence-electron chi connectivity index (χ0n) is 13.0. The minimum Gasteiger partial charge on any atom is -0.322 e. The van der Waals surface area contributed by atoms with Gasteiger partial charge in [0.25, 0.3) is 0 Å². The van der Waals surface area contributed by atoms with Crippen LogP contribution >= 0.6 is 0 Å². The fourth-order valence-corrected chi connectivity index (χ4v) is 3.36. The summed E-state index contributed by atoms with van der Waals surface area (Å²) in [7, 11) is 0. The SMILES string of the molecule is CC1(c2nc3ccccc3n2C(C)(C)C)CCCNC1. The third-order valence-electron chi connectivity index (χ3n) is 4.37. The topological polar surface area (TPSA) is 29.9 Å². The van der Waals surface area contributed by atoms with Crippen molar-refractivity contribution in [2.24, 2.45) is 0 Å². The Balaban J connectivity index is 2.24. The largest absolute Gasteiger partial charge is 0.322 e. The van der Waals surface area contributed by atoms with Crippen LogP contribution in [0.15, 0.2) is 24.3 Å². The maximum absolute atomic E-state index is 5.00. The molecule has 2 heterocycles. The normalized spacial score (nSPS) is 24.2. The van der Waals surface area contributed by atoms with Crippen LogP contribution in [0.5, 0.6) is 0 Å². The Kier molecular flexibility index (Phi) is 3.13. The summed E-state index contributed by atoms with van der Waals surface area (Å²) in [5, 5.41) is 3.54. The first-order valence-corrected chi connectivity index (χ1v) is 7.61. The lowest BCUT2D eigenvalue weighted by Gasteiger charge is -2.37. The lowest BCUT2D eigenvalue weighted by atomic mass is 9.81. The zero-order chi connectivity index (χ0) is 14.4. The fourth-order valence-electron chi connectivity index (χ4n) is 3.36. The predicted octanol–water partition coefficient (Wildman–Crippen LogP) is 3.43. The van der Waals surface area contributed by atoms with Crippen molar-refractivity contribution in [2.45, 2.75) is 51.5 Å². The predicted molar refractivity (Wildman–Crippen MR) is 84.2 cm³/mol. The van der Waals surface area contributed by atoms with Gasteiger partial charge in [-0.05, 0) is 52.3 Å². The van der Waals surface area contributed by atoms with E-state index in [1.54, 1.807) is 0 Å². The van der Waals surface area contributed by atoms with E-state index in [1.165, 1.54) is 24.2 Å². The van der Waals surface area contributed by atoms with E-state index < -0.39 is 0 Å². The van der Waals surface area contributed by atoms with Crippen LogP contribution in [0.3, 0.4) is 0 Å². The second-order valence-electron chi connectivity index (χ2n) is 7.27. The maximum atomic E-state index is 5.00. The molecule has 0 aliphatic carbocycles. The first-order chi connectivity index (χ1) is 9.42. The molecular formula is C17H25N3. The fraction of sp³-hybridized carbons (Fsp3) is 0.588. The van der Waals surface area contributed by atoms with E-state index in [0.717, 1.165) is 18.6 Å². The highest BCUT2D eigenvalue weighted by Gasteiger charge is 2.36. The highest BCUT2D eigenvalue weighted by molar-refractivity contribution is 5.76.